The second-order valence-corrected chi connectivity index (χ2v) is 5.65. The molecule has 0 saturated carbocycles. The highest BCUT2D eigenvalue weighted by atomic mass is 35.5. The minimum Gasteiger partial charge on any atom is -0.384 e. The molecule has 1 amide bonds. The van der Waals surface area contributed by atoms with Crippen molar-refractivity contribution in [3.63, 3.8) is 0 Å². The standard InChI is InChI=1S/C12H11Cl2N9O2/c1-4(24)12(25)18-10-7(11-17-5(2)21-23(11)22-10)19-20-9-6(13)8(14)15-3-16-9/h3-4,24H,1-2H3,(H,17,21)(H,18,22,25)/b20-19+. The van der Waals surface area contributed by atoms with Crippen LogP contribution in [0.5, 0.6) is 0 Å². The summed E-state index contributed by atoms with van der Waals surface area (Å²) >= 11 is 11.8. The summed E-state index contributed by atoms with van der Waals surface area (Å²) in [5.74, 6) is 0.0298. The van der Waals surface area contributed by atoms with Crippen LogP contribution in [0.25, 0.3) is 5.65 Å². The number of nitrogens with zero attached hydrogens (tertiary/aromatic N) is 7. The van der Waals surface area contributed by atoms with Crippen LogP contribution in [0, 0.1) is 6.92 Å². The third-order valence-corrected chi connectivity index (χ3v) is 3.71. The van der Waals surface area contributed by atoms with Crippen molar-refractivity contribution in [2.45, 2.75) is 20.0 Å². The van der Waals surface area contributed by atoms with Crippen molar-refractivity contribution in [1.82, 2.24) is 29.8 Å². The maximum atomic E-state index is 11.7. The molecule has 11 nitrogen and oxygen atoms in total. The van der Waals surface area contributed by atoms with Gasteiger partial charge in [0, 0.05) is 0 Å². The molecular formula is C12H11Cl2N9O2. The lowest BCUT2D eigenvalue weighted by atomic mass is 10.4. The summed E-state index contributed by atoms with van der Waals surface area (Å²) in [4.78, 5) is 22.3. The Bertz CT molecular complexity index is 979. The van der Waals surface area contributed by atoms with Crippen molar-refractivity contribution in [3.8, 4) is 0 Å². The molecule has 3 heterocycles. The fourth-order valence-electron chi connectivity index (χ4n) is 1.83. The number of halogens is 2. The van der Waals surface area contributed by atoms with Crippen LogP contribution in [-0.2, 0) is 4.79 Å². The van der Waals surface area contributed by atoms with E-state index in [1.807, 2.05) is 0 Å². The van der Waals surface area contributed by atoms with Gasteiger partial charge in [-0.05, 0) is 13.8 Å². The van der Waals surface area contributed by atoms with Crippen LogP contribution in [0.2, 0.25) is 10.2 Å². The van der Waals surface area contributed by atoms with Crippen LogP contribution < -0.4 is 5.32 Å². The molecule has 13 heteroatoms. The highest BCUT2D eigenvalue weighted by molar-refractivity contribution is 6.42. The highest BCUT2D eigenvalue weighted by Gasteiger charge is 2.20. The number of fused-ring (bicyclic) bond motifs is 1. The SMILES string of the molecule is Cc1nn2nc(NC(=O)C(C)O)c(/N=N/c3ncnc(Cl)c3Cl)c2[nH]1. The van der Waals surface area contributed by atoms with Gasteiger partial charge in [-0.2, -0.15) is 0 Å². The van der Waals surface area contributed by atoms with Gasteiger partial charge in [0.25, 0.3) is 5.91 Å². The Kier molecular flexibility index (Phi) is 4.61. The first-order valence-electron chi connectivity index (χ1n) is 6.89. The van der Waals surface area contributed by atoms with Crippen LogP contribution in [0.3, 0.4) is 0 Å². The fraction of sp³-hybridized carbons (Fsp3) is 0.250. The van der Waals surface area contributed by atoms with Crippen LogP contribution in [-0.4, -0.2) is 46.9 Å². The number of aromatic amines is 1. The molecule has 0 fully saturated rings. The second-order valence-electron chi connectivity index (χ2n) is 4.91. The first kappa shape index (κ1) is 17.2. The summed E-state index contributed by atoms with van der Waals surface area (Å²) in [6.07, 6.45) is -0.0401. The number of nitrogens with one attached hydrogen (secondary N) is 2. The molecule has 1 unspecified atom stereocenters. The molecule has 0 bridgehead atoms. The smallest absolute Gasteiger partial charge is 0.254 e. The van der Waals surface area contributed by atoms with E-state index in [4.69, 9.17) is 23.2 Å². The van der Waals surface area contributed by atoms with E-state index in [9.17, 15) is 9.90 Å². The Morgan fingerprint density at radius 1 is 1.36 bits per heavy atom. The predicted octanol–water partition coefficient (Wildman–Crippen LogP) is 2.20. The van der Waals surface area contributed by atoms with Gasteiger partial charge < -0.3 is 15.4 Å². The number of aromatic nitrogens is 6. The fourth-order valence-corrected chi connectivity index (χ4v) is 2.09. The van der Waals surface area contributed by atoms with Crippen molar-refractivity contribution in [3.05, 3.63) is 22.3 Å². The molecule has 0 saturated heterocycles. The quantitative estimate of drug-likeness (QED) is 0.464. The number of amides is 1. The molecule has 0 spiro atoms. The lowest BCUT2D eigenvalue weighted by molar-refractivity contribution is -0.123. The number of carbonyl (C=O) groups is 1. The Morgan fingerprint density at radius 3 is 2.84 bits per heavy atom. The van der Waals surface area contributed by atoms with Gasteiger partial charge in [0.1, 0.15) is 23.3 Å². The van der Waals surface area contributed by atoms with E-state index in [0.717, 1.165) is 0 Å². The topological polar surface area (TPSA) is 146 Å². The summed E-state index contributed by atoms with van der Waals surface area (Å²) in [5, 5.41) is 28.0. The number of aryl methyl sites for hydroxylation is 1. The molecule has 0 radical (unpaired) electrons. The molecule has 1 atom stereocenters. The van der Waals surface area contributed by atoms with Crippen LogP contribution in [0.15, 0.2) is 16.6 Å². The van der Waals surface area contributed by atoms with E-state index in [1.165, 1.54) is 17.9 Å². The molecule has 3 aromatic heterocycles. The van der Waals surface area contributed by atoms with Gasteiger partial charge in [0.2, 0.25) is 0 Å². The first-order valence-corrected chi connectivity index (χ1v) is 7.64. The monoisotopic (exact) mass is 383 g/mol. The van der Waals surface area contributed by atoms with Gasteiger partial charge in [-0.15, -0.1) is 25.1 Å². The Balaban J connectivity index is 2.04. The van der Waals surface area contributed by atoms with Gasteiger partial charge in [-0.1, -0.05) is 23.2 Å². The molecule has 3 rings (SSSR count). The van der Waals surface area contributed by atoms with Gasteiger partial charge in [0.05, 0.1) is 0 Å². The number of carbonyl (C=O) groups excluding carboxylic acids is 1. The summed E-state index contributed by atoms with van der Waals surface area (Å²) in [7, 11) is 0. The van der Waals surface area contributed by atoms with E-state index in [1.54, 1.807) is 6.92 Å². The summed E-state index contributed by atoms with van der Waals surface area (Å²) in [5.41, 5.74) is 0.568. The largest absolute Gasteiger partial charge is 0.384 e. The summed E-state index contributed by atoms with van der Waals surface area (Å²) in [6.45, 7) is 3.05. The van der Waals surface area contributed by atoms with Crippen LogP contribution >= 0.6 is 23.2 Å². The number of hydrogen-bond donors (Lipinski definition) is 3. The third kappa shape index (κ3) is 3.43. The van der Waals surface area contributed by atoms with Gasteiger partial charge in [-0.3, -0.25) is 4.79 Å². The van der Waals surface area contributed by atoms with Crippen LogP contribution in [0.1, 0.15) is 12.7 Å². The lowest BCUT2D eigenvalue weighted by Gasteiger charge is -2.04. The zero-order valence-electron chi connectivity index (χ0n) is 12.9. The number of azo groups is 1. The van der Waals surface area contributed by atoms with E-state index >= 15 is 0 Å². The number of anilines is 1. The van der Waals surface area contributed by atoms with Gasteiger partial charge in [0.15, 0.2) is 28.1 Å². The highest BCUT2D eigenvalue weighted by Crippen LogP contribution is 2.33. The average molecular weight is 384 g/mol. The van der Waals surface area contributed by atoms with E-state index in [-0.39, 0.29) is 27.5 Å². The normalized spacial score (nSPS) is 12.8. The van der Waals surface area contributed by atoms with Crippen molar-refractivity contribution in [1.29, 1.82) is 0 Å². The molecule has 0 aliphatic heterocycles. The minimum atomic E-state index is -1.23. The van der Waals surface area contributed by atoms with Gasteiger partial charge in [-0.25, -0.2) is 9.97 Å². The zero-order chi connectivity index (χ0) is 18.1. The molecule has 3 aromatic rings. The number of aliphatic hydroxyl groups excluding tert-OH is 1. The number of hydrogen-bond acceptors (Lipinski definition) is 8. The third-order valence-electron chi connectivity index (χ3n) is 2.98. The number of rotatable bonds is 4. The maximum Gasteiger partial charge on any atom is 0.254 e. The van der Waals surface area contributed by atoms with E-state index in [2.05, 4.69) is 40.7 Å². The maximum absolute atomic E-state index is 11.7. The minimum absolute atomic E-state index is 0.0331. The van der Waals surface area contributed by atoms with E-state index in [0.29, 0.717) is 11.5 Å². The second kappa shape index (κ2) is 6.70. The molecule has 130 valence electrons. The molecule has 0 aliphatic rings. The van der Waals surface area contributed by atoms with Gasteiger partial charge >= 0.3 is 0 Å². The Morgan fingerprint density at radius 2 is 2.12 bits per heavy atom. The molecule has 3 N–H and O–H groups in total. The van der Waals surface area contributed by atoms with Crippen molar-refractivity contribution < 1.29 is 9.90 Å². The molecule has 0 aliphatic carbocycles. The van der Waals surface area contributed by atoms with Crippen molar-refractivity contribution in [2.75, 3.05) is 5.32 Å². The number of aliphatic hydroxyl groups is 1. The molecule has 0 aromatic carbocycles. The Hall–Kier alpha value is -2.63. The predicted molar refractivity (Wildman–Crippen MR) is 88.6 cm³/mol. The van der Waals surface area contributed by atoms with Crippen molar-refractivity contribution in [2.24, 2.45) is 10.2 Å². The summed E-state index contributed by atoms with van der Waals surface area (Å²) < 4.78 is 1.25. The number of H-pyrrole nitrogens is 1. The lowest BCUT2D eigenvalue weighted by Crippen LogP contribution is -2.24. The van der Waals surface area contributed by atoms with E-state index < -0.39 is 12.0 Å². The first-order chi connectivity index (χ1) is 11.9. The van der Waals surface area contributed by atoms with Crippen LogP contribution in [0.4, 0.5) is 17.3 Å². The summed E-state index contributed by atoms with van der Waals surface area (Å²) in [6, 6.07) is 0. The molecule has 25 heavy (non-hydrogen) atoms. The van der Waals surface area contributed by atoms with Crippen molar-refractivity contribution >= 4 is 52.1 Å². The molecular weight excluding hydrogens is 373 g/mol. The average Bonchev–Trinajstić information content (AvgIpc) is 3.05. The zero-order valence-corrected chi connectivity index (χ0v) is 14.4. The Labute approximate surface area is 150 Å².